The van der Waals surface area contributed by atoms with E-state index in [0.29, 0.717) is 5.02 Å². The Morgan fingerprint density at radius 1 is 1.25 bits per heavy atom. The van der Waals surface area contributed by atoms with Gasteiger partial charge in [-0.25, -0.2) is 0 Å². The second kappa shape index (κ2) is 8.85. The number of rotatable bonds is 9. The molecule has 0 heterocycles. The fourth-order valence-electron chi connectivity index (χ4n) is 2.30. The summed E-state index contributed by atoms with van der Waals surface area (Å²) in [6.45, 7) is 4.30. The number of unbranched alkanes of at least 4 members (excludes halogenated alkanes) is 3. The van der Waals surface area contributed by atoms with E-state index >= 15 is 0 Å². The average molecular weight is 298 g/mol. The molecule has 20 heavy (non-hydrogen) atoms. The Morgan fingerprint density at radius 2 is 1.90 bits per heavy atom. The summed E-state index contributed by atoms with van der Waals surface area (Å²) in [5.74, 6) is -0.805. The predicted octanol–water partition coefficient (Wildman–Crippen LogP) is 4.59. The van der Waals surface area contributed by atoms with Crippen LogP contribution in [0, 0.1) is 0 Å². The zero-order valence-corrected chi connectivity index (χ0v) is 13.1. The summed E-state index contributed by atoms with van der Waals surface area (Å²) in [6.07, 6.45) is 5.81. The summed E-state index contributed by atoms with van der Waals surface area (Å²) >= 11 is 5.89. The fraction of sp³-hybridized carbons (Fsp3) is 0.562. The van der Waals surface area contributed by atoms with Crippen LogP contribution in [0.25, 0.3) is 0 Å². The number of aliphatic carboxylic acids is 1. The third-order valence-corrected chi connectivity index (χ3v) is 3.72. The van der Waals surface area contributed by atoms with Crippen molar-refractivity contribution in [3.63, 3.8) is 0 Å². The molecular weight excluding hydrogens is 274 g/mol. The SMILES string of the molecule is CCCCCCC(C)N(CC(=O)O)c1ccc(Cl)cc1. The van der Waals surface area contributed by atoms with Gasteiger partial charge in [-0.3, -0.25) is 4.79 Å². The van der Waals surface area contributed by atoms with Crippen molar-refractivity contribution in [2.24, 2.45) is 0 Å². The number of anilines is 1. The van der Waals surface area contributed by atoms with E-state index in [2.05, 4.69) is 13.8 Å². The van der Waals surface area contributed by atoms with Crippen molar-refractivity contribution in [2.75, 3.05) is 11.4 Å². The quantitative estimate of drug-likeness (QED) is 0.678. The number of carboxylic acids is 1. The van der Waals surface area contributed by atoms with Crippen molar-refractivity contribution in [3.05, 3.63) is 29.3 Å². The molecule has 0 radical (unpaired) electrons. The molecule has 3 nitrogen and oxygen atoms in total. The first-order chi connectivity index (χ1) is 9.54. The summed E-state index contributed by atoms with van der Waals surface area (Å²) in [5, 5.41) is 9.76. The first-order valence-corrected chi connectivity index (χ1v) is 7.66. The highest BCUT2D eigenvalue weighted by Crippen LogP contribution is 2.22. The van der Waals surface area contributed by atoms with Crippen LogP contribution in [0.4, 0.5) is 5.69 Å². The topological polar surface area (TPSA) is 40.5 Å². The molecule has 0 spiro atoms. The molecule has 0 bridgehead atoms. The van der Waals surface area contributed by atoms with Crippen molar-refractivity contribution in [1.82, 2.24) is 0 Å². The van der Waals surface area contributed by atoms with E-state index in [1.54, 1.807) is 12.1 Å². The Kier molecular flexibility index (Phi) is 7.45. The number of carbonyl (C=O) groups is 1. The highest BCUT2D eigenvalue weighted by Gasteiger charge is 2.17. The number of hydrogen-bond acceptors (Lipinski definition) is 2. The number of hydrogen-bond donors (Lipinski definition) is 1. The number of carboxylic acid groups (broad SMARTS) is 1. The molecule has 1 unspecified atom stereocenters. The fourth-order valence-corrected chi connectivity index (χ4v) is 2.43. The van der Waals surface area contributed by atoms with Crippen molar-refractivity contribution in [2.45, 2.75) is 52.0 Å². The first kappa shape index (κ1) is 16.8. The highest BCUT2D eigenvalue weighted by molar-refractivity contribution is 6.30. The Bertz CT molecular complexity index is 405. The molecule has 1 aromatic carbocycles. The maximum Gasteiger partial charge on any atom is 0.323 e. The lowest BCUT2D eigenvalue weighted by molar-refractivity contribution is -0.135. The molecule has 1 N–H and O–H groups in total. The average Bonchev–Trinajstić information content (AvgIpc) is 2.42. The van der Waals surface area contributed by atoms with Gasteiger partial charge in [-0.15, -0.1) is 0 Å². The van der Waals surface area contributed by atoms with Gasteiger partial charge in [0.25, 0.3) is 0 Å². The molecule has 0 aliphatic heterocycles. The first-order valence-electron chi connectivity index (χ1n) is 7.28. The highest BCUT2D eigenvalue weighted by atomic mass is 35.5. The molecule has 4 heteroatoms. The molecule has 0 amide bonds. The molecule has 0 saturated heterocycles. The van der Waals surface area contributed by atoms with E-state index < -0.39 is 5.97 Å². The van der Waals surface area contributed by atoms with Crippen molar-refractivity contribution < 1.29 is 9.90 Å². The summed E-state index contributed by atoms with van der Waals surface area (Å²) in [4.78, 5) is 13.0. The minimum atomic E-state index is -0.805. The molecule has 0 saturated carbocycles. The molecular formula is C16H24ClNO2. The maximum atomic E-state index is 11.1. The van der Waals surface area contributed by atoms with Crippen LogP contribution in [0.2, 0.25) is 5.02 Å². The third-order valence-electron chi connectivity index (χ3n) is 3.47. The summed E-state index contributed by atoms with van der Waals surface area (Å²) < 4.78 is 0. The van der Waals surface area contributed by atoms with E-state index in [4.69, 9.17) is 16.7 Å². The molecule has 112 valence electrons. The van der Waals surface area contributed by atoms with Gasteiger partial charge in [-0.05, 0) is 37.6 Å². The number of nitrogens with zero attached hydrogens (tertiary/aromatic N) is 1. The number of halogens is 1. The van der Waals surface area contributed by atoms with Crippen LogP contribution >= 0.6 is 11.6 Å². The Morgan fingerprint density at radius 3 is 2.45 bits per heavy atom. The van der Waals surface area contributed by atoms with Crippen LogP contribution in [0.3, 0.4) is 0 Å². The predicted molar refractivity (Wildman–Crippen MR) is 84.7 cm³/mol. The van der Waals surface area contributed by atoms with Gasteiger partial charge in [0.2, 0.25) is 0 Å². The minimum Gasteiger partial charge on any atom is -0.480 e. The zero-order chi connectivity index (χ0) is 15.0. The Labute approximate surface area is 126 Å². The van der Waals surface area contributed by atoms with Gasteiger partial charge < -0.3 is 10.0 Å². The van der Waals surface area contributed by atoms with Gasteiger partial charge in [0.05, 0.1) is 0 Å². The van der Waals surface area contributed by atoms with Crippen LogP contribution in [0.1, 0.15) is 46.0 Å². The molecule has 1 rings (SSSR count). The molecule has 0 aromatic heterocycles. The van der Waals surface area contributed by atoms with Gasteiger partial charge >= 0.3 is 5.97 Å². The molecule has 1 atom stereocenters. The normalized spacial score (nSPS) is 12.2. The lowest BCUT2D eigenvalue weighted by atomic mass is 10.1. The third kappa shape index (κ3) is 5.83. The Hall–Kier alpha value is -1.22. The monoisotopic (exact) mass is 297 g/mol. The standard InChI is InChI=1S/C16H24ClNO2/c1-3-4-5-6-7-13(2)18(12-16(19)20)15-10-8-14(17)9-11-15/h8-11,13H,3-7,12H2,1-2H3,(H,19,20). The lowest BCUT2D eigenvalue weighted by Crippen LogP contribution is -2.37. The molecule has 0 aliphatic rings. The lowest BCUT2D eigenvalue weighted by Gasteiger charge is -2.30. The van der Waals surface area contributed by atoms with E-state index in [-0.39, 0.29) is 12.6 Å². The zero-order valence-electron chi connectivity index (χ0n) is 12.3. The van der Waals surface area contributed by atoms with Gasteiger partial charge in [0.1, 0.15) is 6.54 Å². The van der Waals surface area contributed by atoms with Crippen molar-refractivity contribution in [3.8, 4) is 0 Å². The van der Waals surface area contributed by atoms with Gasteiger partial charge in [-0.2, -0.15) is 0 Å². The van der Waals surface area contributed by atoms with Crippen LogP contribution < -0.4 is 4.90 Å². The van der Waals surface area contributed by atoms with Crippen LogP contribution in [-0.2, 0) is 4.79 Å². The molecule has 1 aromatic rings. The Balaban J connectivity index is 2.67. The van der Waals surface area contributed by atoms with Crippen molar-refractivity contribution in [1.29, 1.82) is 0 Å². The summed E-state index contributed by atoms with van der Waals surface area (Å²) in [5.41, 5.74) is 0.916. The van der Waals surface area contributed by atoms with Crippen LogP contribution in [0.15, 0.2) is 24.3 Å². The molecule has 0 fully saturated rings. The summed E-state index contributed by atoms with van der Waals surface area (Å²) in [7, 11) is 0. The molecule has 0 aliphatic carbocycles. The maximum absolute atomic E-state index is 11.1. The number of benzene rings is 1. The smallest absolute Gasteiger partial charge is 0.323 e. The van der Waals surface area contributed by atoms with E-state index in [1.165, 1.54) is 19.3 Å². The van der Waals surface area contributed by atoms with E-state index in [1.807, 2.05) is 17.0 Å². The summed E-state index contributed by atoms with van der Waals surface area (Å²) in [6, 6.07) is 7.58. The minimum absolute atomic E-state index is 0.0244. The largest absolute Gasteiger partial charge is 0.480 e. The van der Waals surface area contributed by atoms with E-state index in [9.17, 15) is 4.79 Å². The van der Waals surface area contributed by atoms with E-state index in [0.717, 1.165) is 18.5 Å². The van der Waals surface area contributed by atoms with Gasteiger partial charge in [-0.1, -0.05) is 44.2 Å². The second-order valence-corrected chi connectivity index (χ2v) is 5.63. The van der Waals surface area contributed by atoms with Gasteiger partial charge in [0.15, 0.2) is 0 Å². The van der Waals surface area contributed by atoms with Gasteiger partial charge in [0, 0.05) is 16.8 Å². The van der Waals surface area contributed by atoms with Crippen LogP contribution in [-0.4, -0.2) is 23.7 Å². The second-order valence-electron chi connectivity index (χ2n) is 5.20. The van der Waals surface area contributed by atoms with Crippen molar-refractivity contribution >= 4 is 23.3 Å². The van der Waals surface area contributed by atoms with Crippen LogP contribution in [0.5, 0.6) is 0 Å².